The Bertz CT molecular complexity index is 606. The lowest BCUT2D eigenvalue weighted by molar-refractivity contribution is 0.140. The normalized spacial score (nSPS) is 13.2. The first-order valence-corrected chi connectivity index (χ1v) is 7.58. The van der Waals surface area contributed by atoms with Crippen LogP contribution in [0.25, 0.3) is 0 Å². The maximum atomic E-state index is 12.2. The van der Waals surface area contributed by atoms with Gasteiger partial charge in [-0.3, -0.25) is 0 Å². The second kappa shape index (κ2) is 6.81. The van der Waals surface area contributed by atoms with Gasteiger partial charge in [-0.05, 0) is 38.7 Å². The molecule has 0 heterocycles. The molecule has 6 nitrogen and oxygen atoms in total. The highest BCUT2D eigenvalue weighted by atomic mass is 32.2. The Labute approximate surface area is 119 Å². The lowest BCUT2D eigenvalue weighted by Crippen LogP contribution is -2.37. The van der Waals surface area contributed by atoms with E-state index >= 15 is 0 Å². The molecule has 0 aromatic heterocycles. The highest BCUT2D eigenvalue weighted by Gasteiger charge is 2.19. The number of aryl methyl sites for hydroxylation is 1. The molecule has 0 saturated carbocycles. The van der Waals surface area contributed by atoms with E-state index in [1.165, 1.54) is 6.07 Å². The molecule has 0 aliphatic carbocycles. The maximum absolute atomic E-state index is 12.2. The molecule has 1 rings (SSSR count). The number of hydrogen-bond donors (Lipinski definition) is 2. The number of benzene rings is 1. The zero-order valence-corrected chi connectivity index (χ0v) is 12.6. The molecule has 0 aliphatic rings. The molecule has 0 unspecified atom stereocenters. The Morgan fingerprint density at radius 1 is 1.45 bits per heavy atom. The van der Waals surface area contributed by atoms with E-state index in [1.54, 1.807) is 38.1 Å². The van der Waals surface area contributed by atoms with E-state index < -0.39 is 16.1 Å². The molecule has 0 amide bonds. The number of nitrogens with one attached hydrogen (secondary N) is 1. The Kier molecular flexibility index (Phi) is 5.65. The van der Waals surface area contributed by atoms with Gasteiger partial charge in [-0.2, -0.15) is 5.26 Å². The molecule has 1 aromatic carbocycles. The first kappa shape index (κ1) is 16.6. The van der Waals surface area contributed by atoms with Crippen molar-refractivity contribution in [3.8, 4) is 6.07 Å². The molecule has 1 aromatic rings. The van der Waals surface area contributed by atoms with Crippen LogP contribution in [-0.4, -0.2) is 51.7 Å². The summed E-state index contributed by atoms with van der Waals surface area (Å²) in [4.78, 5) is 1.83. The minimum atomic E-state index is -3.73. The van der Waals surface area contributed by atoms with Crippen molar-refractivity contribution in [2.75, 3.05) is 27.2 Å². The fourth-order valence-electron chi connectivity index (χ4n) is 1.73. The molecule has 0 spiro atoms. The van der Waals surface area contributed by atoms with E-state index in [4.69, 9.17) is 5.26 Å². The van der Waals surface area contributed by atoms with Crippen molar-refractivity contribution in [2.24, 2.45) is 0 Å². The van der Waals surface area contributed by atoms with Gasteiger partial charge >= 0.3 is 0 Å². The summed E-state index contributed by atoms with van der Waals surface area (Å²) in [6, 6.07) is 6.39. The van der Waals surface area contributed by atoms with Crippen molar-refractivity contribution in [2.45, 2.75) is 17.9 Å². The van der Waals surface area contributed by atoms with Gasteiger partial charge in [0.25, 0.3) is 0 Å². The van der Waals surface area contributed by atoms with Crippen LogP contribution in [0.3, 0.4) is 0 Å². The Hall–Kier alpha value is -1.46. The largest absolute Gasteiger partial charge is 0.390 e. The lowest BCUT2D eigenvalue weighted by Gasteiger charge is -2.17. The predicted molar refractivity (Wildman–Crippen MR) is 75.6 cm³/mol. The van der Waals surface area contributed by atoms with Crippen molar-refractivity contribution in [1.82, 2.24) is 9.62 Å². The van der Waals surface area contributed by atoms with Gasteiger partial charge in [0.1, 0.15) is 0 Å². The number of nitriles is 1. The fraction of sp³-hybridized carbons (Fsp3) is 0.462. The van der Waals surface area contributed by atoms with Gasteiger partial charge in [0.2, 0.25) is 10.0 Å². The third kappa shape index (κ3) is 4.58. The Morgan fingerprint density at radius 3 is 2.65 bits per heavy atom. The first-order valence-electron chi connectivity index (χ1n) is 6.09. The van der Waals surface area contributed by atoms with Crippen LogP contribution in [0.5, 0.6) is 0 Å². The number of sulfonamides is 1. The zero-order valence-electron chi connectivity index (χ0n) is 11.8. The van der Waals surface area contributed by atoms with Crippen LogP contribution in [0.15, 0.2) is 23.1 Å². The van der Waals surface area contributed by atoms with Gasteiger partial charge < -0.3 is 10.0 Å². The number of hydrogen-bond acceptors (Lipinski definition) is 5. The second-order valence-electron chi connectivity index (χ2n) is 4.86. The Morgan fingerprint density at radius 2 is 2.10 bits per heavy atom. The van der Waals surface area contributed by atoms with Gasteiger partial charge in [0, 0.05) is 13.1 Å². The van der Waals surface area contributed by atoms with Crippen LogP contribution < -0.4 is 4.72 Å². The van der Waals surface area contributed by atoms with Gasteiger partial charge in [-0.15, -0.1) is 0 Å². The van der Waals surface area contributed by atoms with Gasteiger partial charge in [-0.25, -0.2) is 13.1 Å². The summed E-state index contributed by atoms with van der Waals surface area (Å²) in [7, 11) is -0.154. The van der Waals surface area contributed by atoms with Gasteiger partial charge in [-0.1, -0.05) is 6.07 Å². The van der Waals surface area contributed by atoms with Crippen LogP contribution >= 0.6 is 0 Å². The molecule has 110 valence electrons. The second-order valence-corrected chi connectivity index (χ2v) is 6.60. The van der Waals surface area contributed by atoms with Gasteiger partial charge in [0.05, 0.1) is 22.6 Å². The minimum absolute atomic E-state index is 0.0635. The number of aliphatic hydroxyl groups is 1. The van der Waals surface area contributed by atoms with Crippen molar-refractivity contribution in [3.63, 3.8) is 0 Å². The van der Waals surface area contributed by atoms with E-state index in [0.29, 0.717) is 12.1 Å². The molecule has 0 aliphatic heterocycles. The van der Waals surface area contributed by atoms with Gasteiger partial charge in [0.15, 0.2) is 0 Å². The zero-order chi connectivity index (χ0) is 15.3. The van der Waals surface area contributed by atoms with Crippen LogP contribution in [0.2, 0.25) is 0 Å². The predicted octanol–water partition coefficient (Wildman–Crippen LogP) is 0.0675. The highest BCUT2D eigenvalue weighted by molar-refractivity contribution is 7.89. The molecular formula is C13H19N3O3S. The summed E-state index contributed by atoms with van der Waals surface area (Å²) in [5.74, 6) is 0. The van der Waals surface area contributed by atoms with Crippen LogP contribution in [0.1, 0.15) is 11.1 Å². The molecule has 2 N–H and O–H groups in total. The summed E-state index contributed by atoms with van der Waals surface area (Å²) in [5, 5.41) is 18.5. The number of nitrogens with zero attached hydrogens (tertiary/aromatic N) is 2. The van der Waals surface area contributed by atoms with Crippen LogP contribution in [0, 0.1) is 18.3 Å². The smallest absolute Gasteiger partial charge is 0.240 e. The van der Waals surface area contributed by atoms with E-state index in [2.05, 4.69) is 4.72 Å². The quantitative estimate of drug-likeness (QED) is 0.775. The molecule has 20 heavy (non-hydrogen) atoms. The molecule has 0 fully saturated rings. The molecule has 1 atom stereocenters. The average Bonchev–Trinajstić information content (AvgIpc) is 2.36. The average molecular weight is 297 g/mol. The van der Waals surface area contributed by atoms with E-state index in [1.807, 2.05) is 6.07 Å². The van der Waals surface area contributed by atoms with Crippen LogP contribution in [0.4, 0.5) is 0 Å². The molecule has 0 saturated heterocycles. The molecule has 7 heteroatoms. The Balaban J connectivity index is 2.87. The monoisotopic (exact) mass is 297 g/mol. The summed E-state index contributed by atoms with van der Waals surface area (Å²) in [5.41, 5.74) is 0.836. The number of aliphatic hydroxyl groups excluding tert-OH is 1. The number of likely N-dealkylation sites (N-methyl/N-ethyl adjacent to an activating group) is 1. The van der Waals surface area contributed by atoms with Crippen molar-refractivity contribution < 1.29 is 13.5 Å². The summed E-state index contributed by atoms with van der Waals surface area (Å²) < 4.78 is 26.7. The lowest BCUT2D eigenvalue weighted by atomic mass is 10.2. The third-order valence-electron chi connectivity index (χ3n) is 2.69. The van der Waals surface area contributed by atoms with Crippen molar-refractivity contribution >= 4 is 10.0 Å². The van der Waals surface area contributed by atoms with Crippen molar-refractivity contribution in [1.29, 1.82) is 5.26 Å². The summed E-state index contributed by atoms with van der Waals surface area (Å²) in [6.07, 6.45) is -0.792. The standard InChI is InChI=1S/C13H19N3O3S/c1-10-4-5-11(7-14)6-13(10)20(18,19)15-8-12(17)9-16(2)3/h4-6,12,15,17H,8-9H2,1-3H3/t12-/m1/s1. The van der Waals surface area contributed by atoms with E-state index in [0.717, 1.165) is 0 Å². The van der Waals surface area contributed by atoms with E-state index in [9.17, 15) is 13.5 Å². The first-order chi connectivity index (χ1) is 9.26. The maximum Gasteiger partial charge on any atom is 0.240 e. The van der Waals surface area contributed by atoms with E-state index in [-0.39, 0.29) is 17.0 Å². The summed E-state index contributed by atoms with van der Waals surface area (Å²) in [6.45, 7) is 1.95. The minimum Gasteiger partial charge on any atom is -0.390 e. The highest BCUT2D eigenvalue weighted by Crippen LogP contribution is 2.16. The van der Waals surface area contributed by atoms with Crippen molar-refractivity contribution in [3.05, 3.63) is 29.3 Å². The molecule has 0 bridgehead atoms. The molecule has 0 radical (unpaired) electrons. The SMILES string of the molecule is Cc1ccc(C#N)cc1S(=O)(=O)NC[C@@H](O)CN(C)C. The number of rotatable bonds is 6. The van der Waals surface area contributed by atoms with Crippen LogP contribution in [-0.2, 0) is 10.0 Å². The summed E-state index contributed by atoms with van der Waals surface area (Å²) >= 11 is 0. The third-order valence-corrected chi connectivity index (χ3v) is 4.26. The topological polar surface area (TPSA) is 93.4 Å². The fourth-order valence-corrected chi connectivity index (χ4v) is 3.07. The molecular weight excluding hydrogens is 278 g/mol.